The normalized spacial score (nSPS) is 14.1. The topological polar surface area (TPSA) is 194 Å². The van der Waals surface area contributed by atoms with E-state index in [9.17, 15) is 17.8 Å². The molecule has 0 saturated heterocycles. The highest BCUT2D eigenvalue weighted by molar-refractivity contribution is 7.91. The Morgan fingerprint density at radius 3 is 2.41 bits per heavy atom. The first-order chi connectivity index (χ1) is 19.5. The minimum atomic E-state index is -4.81. The number of methoxy groups -OCH3 is 2. The van der Waals surface area contributed by atoms with Crippen molar-refractivity contribution in [2.75, 3.05) is 38.6 Å². The van der Waals surface area contributed by atoms with Crippen LogP contribution in [0.5, 0.6) is 17.2 Å². The van der Waals surface area contributed by atoms with Gasteiger partial charge in [-0.2, -0.15) is 18.6 Å². The number of Topliss-reactive ketones (excluding diaryl/α,β-unsaturated/α-hetero) is 1. The van der Waals surface area contributed by atoms with Gasteiger partial charge in [-0.05, 0) is 60.5 Å². The van der Waals surface area contributed by atoms with E-state index >= 15 is 0 Å². The minimum Gasteiger partial charge on any atom is -0.497 e. The molecule has 3 aromatic rings. The average molecular weight is 582 g/mol. The van der Waals surface area contributed by atoms with Crippen LogP contribution in [-0.2, 0) is 10.1 Å². The summed E-state index contributed by atoms with van der Waals surface area (Å²) in [5.41, 5.74) is 10.4. The highest BCUT2D eigenvalue weighted by Gasteiger charge is 2.33. The lowest BCUT2D eigenvalue weighted by atomic mass is 9.94. The van der Waals surface area contributed by atoms with Gasteiger partial charge in [-0.3, -0.25) is 14.8 Å². The van der Waals surface area contributed by atoms with Crippen LogP contribution in [0, 0.1) is 6.92 Å². The first kappa shape index (κ1) is 29.2. The number of anilines is 2. The van der Waals surface area contributed by atoms with Gasteiger partial charge in [0.15, 0.2) is 11.5 Å². The van der Waals surface area contributed by atoms with Gasteiger partial charge in [0.05, 0.1) is 32.2 Å². The van der Waals surface area contributed by atoms with E-state index in [1.165, 1.54) is 32.4 Å². The number of nitrogens with two attached hydrogens (primary N) is 1. The third kappa shape index (κ3) is 6.51. The lowest BCUT2D eigenvalue weighted by molar-refractivity contribution is 0.106. The summed E-state index contributed by atoms with van der Waals surface area (Å²) in [5, 5.41) is 21.7. The van der Waals surface area contributed by atoms with Gasteiger partial charge in [0.2, 0.25) is 5.78 Å². The number of ether oxygens (including phenoxy) is 3. The molecule has 0 spiro atoms. The summed E-state index contributed by atoms with van der Waals surface area (Å²) in [6, 6.07) is 12.5. The van der Waals surface area contributed by atoms with Crippen molar-refractivity contribution < 1.29 is 37.1 Å². The fourth-order valence-electron chi connectivity index (χ4n) is 3.90. The SMILES string of the molecule is COc1ccc(/N=N/c2cc(OC)c(N/N=C3\C(=O)c4ccc(N)cc4C=C3S(=O)(=O)O)cc2C)c(OCCO)c1. The number of carbonyl (C=O) groups is 1. The summed E-state index contributed by atoms with van der Waals surface area (Å²) < 4.78 is 50.2. The number of aryl methyl sites for hydroxylation is 1. The van der Waals surface area contributed by atoms with Crippen LogP contribution in [0.1, 0.15) is 21.5 Å². The molecule has 0 heterocycles. The Kier molecular flexibility index (Phi) is 8.66. The summed E-state index contributed by atoms with van der Waals surface area (Å²) in [7, 11) is -1.89. The fourth-order valence-corrected chi connectivity index (χ4v) is 4.56. The van der Waals surface area contributed by atoms with Crippen LogP contribution in [-0.4, -0.2) is 57.0 Å². The van der Waals surface area contributed by atoms with Gasteiger partial charge in [0.25, 0.3) is 10.1 Å². The molecule has 0 atom stereocenters. The number of benzene rings is 3. The van der Waals surface area contributed by atoms with Crippen LogP contribution in [0.2, 0.25) is 0 Å². The molecule has 0 fully saturated rings. The third-order valence-electron chi connectivity index (χ3n) is 5.92. The predicted octanol–water partition coefficient (Wildman–Crippen LogP) is 4.27. The predicted molar refractivity (Wildman–Crippen MR) is 153 cm³/mol. The maximum Gasteiger partial charge on any atom is 0.296 e. The molecule has 0 aliphatic heterocycles. The average Bonchev–Trinajstić information content (AvgIpc) is 2.94. The number of carbonyl (C=O) groups excluding carboxylic acids is 1. The highest BCUT2D eigenvalue weighted by Crippen LogP contribution is 2.37. The van der Waals surface area contributed by atoms with E-state index in [-0.39, 0.29) is 30.1 Å². The number of hydrogen-bond donors (Lipinski definition) is 4. The number of allylic oxidation sites excluding steroid dienone is 1. The van der Waals surface area contributed by atoms with Crippen molar-refractivity contribution in [3.8, 4) is 17.2 Å². The maximum absolute atomic E-state index is 13.1. The Labute approximate surface area is 235 Å². The molecule has 0 bridgehead atoms. The van der Waals surface area contributed by atoms with E-state index in [0.717, 1.165) is 6.08 Å². The molecule has 5 N–H and O–H groups in total. The molecule has 4 rings (SSSR count). The molecule has 13 nitrogen and oxygen atoms in total. The molecule has 1 aliphatic rings. The van der Waals surface area contributed by atoms with Crippen LogP contribution in [0.4, 0.5) is 22.7 Å². The molecule has 0 unspecified atom stereocenters. The zero-order valence-corrected chi connectivity index (χ0v) is 23.1. The maximum atomic E-state index is 13.1. The first-order valence-electron chi connectivity index (χ1n) is 12.0. The molecule has 0 aromatic heterocycles. The number of aliphatic hydroxyl groups excluding tert-OH is 1. The number of nitrogens with one attached hydrogen (secondary N) is 1. The number of hydrogen-bond acceptors (Lipinski definition) is 12. The van der Waals surface area contributed by atoms with Gasteiger partial charge in [-0.1, -0.05) is 0 Å². The number of nitrogens with zero attached hydrogens (tertiary/aromatic N) is 3. The molecule has 3 aromatic carbocycles. The lowest BCUT2D eigenvalue weighted by Crippen LogP contribution is -2.27. The summed E-state index contributed by atoms with van der Waals surface area (Å²) in [6.07, 6.45) is 1.13. The molecule has 214 valence electrons. The quantitative estimate of drug-likeness (QED) is 0.116. The molecule has 41 heavy (non-hydrogen) atoms. The second kappa shape index (κ2) is 12.2. The zero-order chi connectivity index (χ0) is 29.7. The molecular weight excluding hydrogens is 554 g/mol. The fraction of sp³-hybridized carbons (Fsp3) is 0.185. The summed E-state index contributed by atoms with van der Waals surface area (Å²) in [6.45, 7) is 1.62. The zero-order valence-electron chi connectivity index (χ0n) is 22.3. The van der Waals surface area contributed by atoms with Crippen molar-refractivity contribution in [1.82, 2.24) is 0 Å². The van der Waals surface area contributed by atoms with E-state index in [2.05, 4.69) is 20.8 Å². The summed E-state index contributed by atoms with van der Waals surface area (Å²) >= 11 is 0. The second-order valence-corrected chi connectivity index (χ2v) is 10.1. The standard InChI is InChI=1S/C27H27N5O8S/c1-15-10-22(31-32-26-25(41(35,36)37)12-16-11-17(28)4-6-19(16)27(26)34)23(39-3)14-21(15)30-29-20-7-5-18(38-2)13-24(20)40-9-8-33/h4-7,10-14,31,33H,8-9,28H2,1-3H3,(H,35,36,37)/b30-29+,32-26-. The second-order valence-electron chi connectivity index (χ2n) is 8.68. The number of ketones is 1. The van der Waals surface area contributed by atoms with Crippen molar-refractivity contribution in [1.29, 1.82) is 0 Å². The van der Waals surface area contributed by atoms with Gasteiger partial charge in [-0.25, -0.2) is 0 Å². The van der Waals surface area contributed by atoms with Crippen LogP contribution < -0.4 is 25.4 Å². The van der Waals surface area contributed by atoms with Gasteiger partial charge in [0, 0.05) is 23.4 Å². The summed E-state index contributed by atoms with van der Waals surface area (Å²) in [5.74, 6) is 0.449. The molecule has 14 heteroatoms. The van der Waals surface area contributed by atoms with Gasteiger partial charge >= 0.3 is 0 Å². The Balaban J connectivity index is 1.67. The van der Waals surface area contributed by atoms with Crippen LogP contribution in [0.3, 0.4) is 0 Å². The van der Waals surface area contributed by atoms with E-state index in [1.807, 2.05) is 0 Å². The Morgan fingerprint density at radius 2 is 1.73 bits per heavy atom. The lowest BCUT2D eigenvalue weighted by Gasteiger charge is -2.17. The Bertz CT molecular complexity index is 1700. The van der Waals surface area contributed by atoms with Crippen LogP contribution in [0.15, 0.2) is 68.8 Å². The van der Waals surface area contributed by atoms with Crippen LogP contribution >= 0.6 is 0 Å². The monoisotopic (exact) mass is 581 g/mol. The van der Waals surface area contributed by atoms with Gasteiger partial charge in [-0.15, -0.1) is 5.11 Å². The van der Waals surface area contributed by atoms with E-state index in [4.69, 9.17) is 25.1 Å². The smallest absolute Gasteiger partial charge is 0.296 e. The molecule has 1 aliphatic carbocycles. The van der Waals surface area contributed by atoms with Crippen molar-refractivity contribution in [3.05, 3.63) is 70.1 Å². The first-order valence-corrected chi connectivity index (χ1v) is 13.5. The Hall–Kier alpha value is -4.79. The third-order valence-corrected chi connectivity index (χ3v) is 6.79. The van der Waals surface area contributed by atoms with Crippen molar-refractivity contribution in [2.24, 2.45) is 15.3 Å². The van der Waals surface area contributed by atoms with Gasteiger partial charge < -0.3 is 25.1 Å². The molecule has 0 radical (unpaired) electrons. The number of rotatable bonds is 10. The highest BCUT2D eigenvalue weighted by atomic mass is 32.2. The van der Waals surface area contributed by atoms with E-state index < -0.39 is 26.5 Å². The number of fused-ring (bicyclic) bond motifs is 1. The number of hydrazone groups is 1. The number of azo groups is 1. The van der Waals surface area contributed by atoms with Crippen molar-refractivity contribution in [2.45, 2.75) is 6.92 Å². The number of nitrogen functional groups attached to an aromatic ring is 1. The largest absolute Gasteiger partial charge is 0.497 e. The molecular formula is C27H27N5O8S. The molecule has 0 saturated carbocycles. The van der Waals surface area contributed by atoms with Crippen LogP contribution in [0.25, 0.3) is 6.08 Å². The van der Waals surface area contributed by atoms with Crippen molar-refractivity contribution in [3.63, 3.8) is 0 Å². The Morgan fingerprint density at radius 1 is 0.976 bits per heavy atom. The van der Waals surface area contributed by atoms with Crippen molar-refractivity contribution >= 4 is 50.4 Å². The minimum absolute atomic E-state index is 0.0576. The summed E-state index contributed by atoms with van der Waals surface area (Å²) in [4.78, 5) is 12.4. The van der Waals surface area contributed by atoms with E-state index in [0.29, 0.717) is 39.8 Å². The number of aliphatic hydroxyl groups is 1. The molecule has 0 amide bonds. The van der Waals surface area contributed by atoms with Gasteiger partial charge in [0.1, 0.15) is 28.7 Å². The van der Waals surface area contributed by atoms with E-state index in [1.54, 1.807) is 37.3 Å².